The second-order valence-electron chi connectivity index (χ2n) is 4.04. The van der Waals surface area contributed by atoms with Gasteiger partial charge in [-0.25, -0.2) is 4.79 Å². The molecule has 6 nitrogen and oxygen atoms in total. The fourth-order valence-electron chi connectivity index (χ4n) is 1.60. The molecule has 0 heterocycles. The van der Waals surface area contributed by atoms with E-state index in [2.05, 4.69) is 5.32 Å². The van der Waals surface area contributed by atoms with Gasteiger partial charge in [-0.3, -0.25) is 4.79 Å². The lowest BCUT2D eigenvalue weighted by atomic mass is 10.0. The third-order valence-corrected chi connectivity index (χ3v) is 2.49. The van der Waals surface area contributed by atoms with Crippen LogP contribution in [0.25, 0.3) is 0 Å². The van der Waals surface area contributed by atoms with Crippen LogP contribution in [0.15, 0.2) is 24.3 Å². The number of nitrogens with one attached hydrogen (secondary N) is 1. The van der Waals surface area contributed by atoms with Gasteiger partial charge in [0.15, 0.2) is 6.04 Å². The summed E-state index contributed by atoms with van der Waals surface area (Å²) in [6, 6.07) is 5.26. The molecule has 0 unspecified atom stereocenters. The summed E-state index contributed by atoms with van der Waals surface area (Å²) in [7, 11) is 0. The Morgan fingerprint density at radius 3 is 2.42 bits per heavy atom. The molecule has 0 spiro atoms. The molecule has 2 atom stereocenters. The van der Waals surface area contributed by atoms with Crippen LogP contribution in [-0.2, 0) is 14.3 Å². The molecule has 0 aliphatic heterocycles. The monoisotopic (exact) mass is 266 g/mol. The number of aliphatic hydroxyl groups excluding tert-OH is 1. The molecule has 0 fully saturated rings. The summed E-state index contributed by atoms with van der Waals surface area (Å²) in [6.45, 7) is 3.09. The Hall–Kier alpha value is -2.08. The fraction of sp³-hybridized carbons (Fsp3) is 0.385. The van der Waals surface area contributed by atoms with Crippen molar-refractivity contribution in [3.8, 4) is 0 Å². The number of anilines is 1. The number of nitrogen functional groups attached to an aromatic ring is 1. The van der Waals surface area contributed by atoms with Gasteiger partial charge in [-0.1, -0.05) is 12.1 Å². The van der Waals surface area contributed by atoms with Crippen molar-refractivity contribution in [1.82, 2.24) is 5.32 Å². The normalized spacial score (nSPS) is 13.4. The van der Waals surface area contributed by atoms with Gasteiger partial charge in [-0.15, -0.1) is 0 Å². The van der Waals surface area contributed by atoms with Crippen LogP contribution >= 0.6 is 0 Å². The Balaban J connectivity index is 2.92. The molecule has 0 aromatic heterocycles. The van der Waals surface area contributed by atoms with E-state index in [1.807, 2.05) is 0 Å². The summed E-state index contributed by atoms with van der Waals surface area (Å²) >= 11 is 0. The van der Waals surface area contributed by atoms with Crippen molar-refractivity contribution in [3.63, 3.8) is 0 Å². The Bertz CT molecular complexity index is 444. The van der Waals surface area contributed by atoms with E-state index in [9.17, 15) is 14.7 Å². The second-order valence-corrected chi connectivity index (χ2v) is 4.04. The van der Waals surface area contributed by atoms with Crippen LogP contribution in [0, 0.1) is 0 Å². The zero-order valence-corrected chi connectivity index (χ0v) is 10.9. The molecule has 6 heteroatoms. The fourth-order valence-corrected chi connectivity index (χ4v) is 1.60. The number of amides is 1. The number of carbonyl (C=O) groups excluding carboxylic acids is 2. The van der Waals surface area contributed by atoms with E-state index < -0.39 is 24.0 Å². The highest BCUT2D eigenvalue weighted by atomic mass is 16.5. The lowest BCUT2D eigenvalue weighted by Gasteiger charge is -2.22. The third kappa shape index (κ3) is 4.26. The van der Waals surface area contributed by atoms with Crippen LogP contribution in [0.4, 0.5) is 5.69 Å². The number of hydrogen-bond donors (Lipinski definition) is 3. The number of hydrogen-bond acceptors (Lipinski definition) is 5. The third-order valence-electron chi connectivity index (χ3n) is 2.49. The second kappa shape index (κ2) is 6.75. The van der Waals surface area contributed by atoms with E-state index in [1.165, 1.54) is 6.92 Å². The minimum absolute atomic E-state index is 0.170. The van der Waals surface area contributed by atoms with Crippen molar-refractivity contribution in [2.24, 2.45) is 0 Å². The van der Waals surface area contributed by atoms with E-state index in [0.29, 0.717) is 11.3 Å². The van der Waals surface area contributed by atoms with Crippen LogP contribution in [0.3, 0.4) is 0 Å². The molecule has 0 bridgehead atoms. The highest BCUT2D eigenvalue weighted by molar-refractivity contribution is 5.84. The van der Waals surface area contributed by atoms with Crippen LogP contribution in [0.5, 0.6) is 0 Å². The Labute approximate surface area is 111 Å². The topological polar surface area (TPSA) is 102 Å². The summed E-state index contributed by atoms with van der Waals surface area (Å²) in [4.78, 5) is 22.8. The van der Waals surface area contributed by atoms with E-state index in [4.69, 9.17) is 10.5 Å². The summed E-state index contributed by atoms with van der Waals surface area (Å²) in [5.74, 6) is -1.10. The number of nitrogens with two attached hydrogens (primary N) is 1. The minimum atomic E-state index is -1.19. The molecule has 0 saturated heterocycles. The van der Waals surface area contributed by atoms with Crippen molar-refractivity contribution in [3.05, 3.63) is 29.8 Å². The van der Waals surface area contributed by atoms with Gasteiger partial charge < -0.3 is 20.9 Å². The maximum Gasteiger partial charge on any atom is 0.331 e. The molecule has 1 aromatic carbocycles. The van der Waals surface area contributed by atoms with Crippen LogP contribution in [-0.4, -0.2) is 29.6 Å². The molecule has 0 radical (unpaired) electrons. The number of rotatable bonds is 5. The lowest BCUT2D eigenvalue weighted by Crippen LogP contribution is -2.45. The molecule has 0 saturated carbocycles. The molecular weight excluding hydrogens is 248 g/mol. The minimum Gasteiger partial charge on any atom is -0.464 e. The summed E-state index contributed by atoms with van der Waals surface area (Å²) in [5.41, 5.74) is 6.57. The Morgan fingerprint density at radius 1 is 1.37 bits per heavy atom. The molecule has 104 valence electrons. The molecule has 1 aromatic rings. The van der Waals surface area contributed by atoms with Gasteiger partial charge in [0.25, 0.3) is 0 Å². The van der Waals surface area contributed by atoms with Crippen LogP contribution in [0.2, 0.25) is 0 Å². The average molecular weight is 266 g/mol. The average Bonchev–Trinajstić information content (AvgIpc) is 2.36. The number of benzene rings is 1. The number of ether oxygens (including phenoxy) is 1. The molecule has 0 aliphatic rings. The Kier molecular flexibility index (Phi) is 5.32. The number of aliphatic hydroxyl groups is 1. The smallest absolute Gasteiger partial charge is 0.331 e. The van der Waals surface area contributed by atoms with Gasteiger partial charge in [0, 0.05) is 12.6 Å². The van der Waals surface area contributed by atoms with Crippen molar-refractivity contribution in [1.29, 1.82) is 0 Å². The quantitative estimate of drug-likeness (QED) is 0.528. The van der Waals surface area contributed by atoms with Gasteiger partial charge in [0.05, 0.1) is 6.61 Å². The number of esters is 1. The maximum absolute atomic E-state index is 11.7. The van der Waals surface area contributed by atoms with Gasteiger partial charge in [0.1, 0.15) is 6.10 Å². The van der Waals surface area contributed by atoms with Crippen molar-refractivity contribution in [2.45, 2.75) is 26.0 Å². The SMILES string of the molecule is CCOC(=O)[C@@H](NC(C)=O)[C@@H](O)c1ccc(N)cc1. The first kappa shape index (κ1) is 15.0. The largest absolute Gasteiger partial charge is 0.464 e. The zero-order valence-electron chi connectivity index (χ0n) is 10.9. The highest BCUT2D eigenvalue weighted by Crippen LogP contribution is 2.19. The van der Waals surface area contributed by atoms with Crippen molar-refractivity contribution in [2.75, 3.05) is 12.3 Å². The zero-order chi connectivity index (χ0) is 14.4. The molecule has 1 rings (SSSR count). The lowest BCUT2D eigenvalue weighted by molar-refractivity contribution is -0.150. The van der Waals surface area contributed by atoms with Gasteiger partial charge in [-0.2, -0.15) is 0 Å². The molecule has 19 heavy (non-hydrogen) atoms. The Morgan fingerprint density at radius 2 is 1.95 bits per heavy atom. The van der Waals surface area contributed by atoms with Crippen molar-refractivity contribution >= 4 is 17.6 Å². The van der Waals surface area contributed by atoms with Gasteiger partial charge in [-0.05, 0) is 24.6 Å². The van der Waals surface area contributed by atoms with E-state index in [1.54, 1.807) is 31.2 Å². The van der Waals surface area contributed by atoms with E-state index in [-0.39, 0.29) is 6.61 Å². The molecular formula is C13H18N2O4. The first-order valence-corrected chi connectivity index (χ1v) is 5.93. The standard InChI is InChI=1S/C13H18N2O4/c1-3-19-13(18)11(15-8(2)16)12(17)9-4-6-10(14)7-5-9/h4-7,11-12,17H,3,14H2,1-2H3,(H,15,16)/t11-,12-/m0/s1. The summed E-state index contributed by atoms with van der Waals surface area (Å²) < 4.78 is 4.83. The van der Waals surface area contributed by atoms with E-state index in [0.717, 1.165) is 0 Å². The predicted molar refractivity (Wildman–Crippen MR) is 70.1 cm³/mol. The van der Waals surface area contributed by atoms with Crippen LogP contribution in [0.1, 0.15) is 25.5 Å². The first-order valence-electron chi connectivity index (χ1n) is 5.93. The molecule has 4 N–H and O–H groups in total. The first-order chi connectivity index (χ1) is 8.95. The van der Waals surface area contributed by atoms with Crippen LogP contribution < -0.4 is 11.1 Å². The summed E-state index contributed by atoms with van der Waals surface area (Å²) in [6.07, 6.45) is -1.19. The van der Waals surface area contributed by atoms with Crippen molar-refractivity contribution < 1.29 is 19.4 Å². The van der Waals surface area contributed by atoms with Gasteiger partial charge >= 0.3 is 5.97 Å². The van der Waals surface area contributed by atoms with Gasteiger partial charge in [0.2, 0.25) is 5.91 Å². The molecule has 0 aliphatic carbocycles. The summed E-state index contributed by atoms with van der Waals surface area (Å²) in [5, 5.41) is 12.5. The highest BCUT2D eigenvalue weighted by Gasteiger charge is 2.30. The predicted octanol–water partition coefficient (Wildman–Crippen LogP) is 0.370. The van der Waals surface area contributed by atoms with E-state index >= 15 is 0 Å². The maximum atomic E-state index is 11.7. The molecule has 1 amide bonds. The number of carbonyl (C=O) groups is 2.